The molecule has 33 heavy (non-hydrogen) atoms. The van der Waals surface area contributed by atoms with Crippen molar-refractivity contribution in [2.75, 3.05) is 0 Å². The van der Waals surface area contributed by atoms with E-state index in [1.54, 1.807) is 6.92 Å². The summed E-state index contributed by atoms with van der Waals surface area (Å²) >= 11 is 1.01. The molecule has 1 amide bonds. The van der Waals surface area contributed by atoms with Crippen molar-refractivity contribution in [2.45, 2.75) is 19.2 Å². The molecule has 0 saturated carbocycles. The molecule has 7 heteroatoms. The Morgan fingerprint density at radius 2 is 1.21 bits per heavy atom. The smallest absolute Gasteiger partial charge is 0.353 e. The summed E-state index contributed by atoms with van der Waals surface area (Å²) in [5, 5.41) is 12.5. The monoisotopic (exact) mass is 477 g/mol. The minimum absolute atomic E-state index is 0.0351. The van der Waals surface area contributed by atoms with E-state index in [4.69, 9.17) is 0 Å². The van der Waals surface area contributed by atoms with Crippen molar-refractivity contribution in [3.63, 3.8) is 0 Å². The van der Waals surface area contributed by atoms with Crippen LogP contribution in [-0.2, 0) is 14.4 Å². The van der Waals surface area contributed by atoms with Crippen molar-refractivity contribution >= 4 is 57.0 Å². The number of β-lactam (4-membered cyclic amide) rings is 1. The van der Waals surface area contributed by atoms with Crippen LogP contribution in [-0.4, -0.2) is 37.8 Å². The van der Waals surface area contributed by atoms with Crippen LogP contribution in [0.25, 0.3) is 0 Å². The second kappa shape index (κ2) is 9.42. The van der Waals surface area contributed by atoms with Crippen LogP contribution < -0.4 is 15.9 Å². The zero-order valence-corrected chi connectivity index (χ0v) is 20.0. The van der Waals surface area contributed by atoms with Gasteiger partial charge < -0.3 is 5.11 Å². The third-order valence-electron chi connectivity index (χ3n) is 5.76. The summed E-state index contributed by atoms with van der Waals surface area (Å²) in [4.78, 5) is 39.6. The van der Waals surface area contributed by atoms with Gasteiger partial charge in [-0.3, -0.25) is 14.5 Å². The van der Waals surface area contributed by atoms with Gasteiger partial charge in [0, 0.05) is 13.8 Å². The predicted molar refractivity (Wildman–Crippen MR) is 136 cm³/mol. The molecule has 168 valence electrons. The van der Waals surface area contributed by atoms with Gasteiger partial charge in [0.25, 0.3) is 0 Å². The van der Waals surface area contributed by atoms with Crippen molar-refractivity contribution in [3.05, 3.63) is 91.0 Å². The molecule has 1 saturated heterocycles. The average Bonchev–Trinajstić information content (AvgIpc) is 2.84. The first-order valence-corrected chi connectivity index (χ1v) is 13.2. The zero-order chi connectivity index (χ0) is 23.6. The highest BCUT2D eigenvalue weighted by Crippen LogP contribution is 2.50. The summed E-state index contributed by atoms with van der Waals surface area (Å²) in [5.41, 5.74) is 0.0351. The number of hydrogen-bond acceptors (Lipinski definition) is 4. The number of likely N-dealkylation sites (tertiary alicyclic amines) is 1. The summed E-state index contributed by atoms with van der Waals surface area (Å²) < 4.78 is 0. The highest BCUT2D eigenvalue weighted by atomic mass is 32.2. The first-order chi connectivity index (χ1) is 15.9. The van der Waals surface area contributed by atoms with Crippen molar-refractivity contribution < 1.29 is 19.5 Å². The van der Waals surface area contributed by atoms with Crippen LogP contribution in [0.1, 0.15) is 13.8 Å². The number of rotatable bonds is 6. The van der Waals surface area contributed by atoms with Crippen LogP contribution in [0.5, 0.6) is 0 Å². The Bertz CT molecular complexity index is 1140. The van der Waals surface area contributed by atoms with Gasteiger partial charge in [-0.15, -0.1) is 0 Å². The SMILES string of the molecule is CC(=O)SC1C(C)C(=O)N1C(C(=O)O)=P(c1ccccc1)(c1ccccc1)c1ccccc1. The molecule has 1 aliphatic heterocycles. The number of carbonyl (C=O) groups is 3. The molecular formula is C26H24NO4PS. The van der Waals surface area contributed by atoms with Crippen molar-refractivity contribution in [3.8, 4) is 0 Å². The van der Waals surface area contributed by atoms with Crippen LogP contribution in [0.4, 0.5) is 0 Å². The molecule has 2 atom stereocenters. The summed E-state index contributed by atoms with van der Waals surface area (Å²) in [6.07, 6.45) is 0. The molecule has 0 aromatic heterocycles. The lowest BCUT2D eigenvalue weighted by molar-refractivity contribution is -0.144. The van der Waals surface area contributed by atoms with E-state index in [2.05, 4.69) is 0 Å². The highest BCUT2D eigenvalue weighted by Gasteiger charge is 2.52. The van der Waals surface area contributed by atoms with Crippen molar-refractivity contribution in [1.82, 2.24) is 4.90 Å². The van der Waals surface area contributed by atoms with Gasteiger partial charge in [0.2, 0.25) is 5.91 Å². The van der Waals surface area contributed by atoms with Crippen LogP contribution in [0, 0.1) is 5.92 Å². The third-order valence-corrected chi connectivity index (χ3v) is 11.2. The molecule has 0 bridgehead atoms. The van der Waals surface area contributed by atoms with E-state index in [-0.39, 0.29) is 16.4 Å². The number of nitrogens with zero attached hydrogens (tertiary/aromatic N) is 1. The maximum absolute atomic E-state index is 13.2. The van der Waals surface area contributed by atoms with Gasteiger partial charge in [-0.25, -0.2) is 4.79 Å². The maximum atomic E-state index is 13.2. The van der Waals surface area contributed by atoms with E-state index >= 15 is 0 Å². The number of hydrogen-bond donors (Lipinski definition) is 1. The second-order valence-electron chi connectivity index (χ2n) is 7.80. The molecule has 3 aromatic rings. The third kappa shape index (κ3) is 3.94. The van der Waals surface area contributed by atoms with Crippen molar-refractivity contribution in [2.24, 2.45) is 5.92 Å². The van der Waals surface area contributed by atoms with Crippen LogP contribution in [0.3, 0.4) is 0 Å². The highest BCUT2D eigenvalue weighted by molar-refractivity contribution is 8.14. The van der Waals surface area contributed by atoms with Gasteiger partial charge in [0.15, 0.2) is 5.12 Å². The first kappa shape index (κ1) is 23.1. The lowest BCUT2D eigenvalue weighted by Gasteiger charge is -2.47. The number of thioether (sulfide) groups is 1. The lowest BCUT2D eigenvalue weighted by atomic mass is 10.0. The van der Waals surface area contributed by atoms with E-state index < -0.39 is 24.1 Å². The van der Waals surface area contributed by atoms with E-state index in [0.717, 1.165) is 27.7 Å². The molecular weight excluding hydrogens is 453 g/mol. The fourth-order valence-corrected chi connectivity index (χ4v) is 9.71. The molecule has 3 aromatic carbocycles. The fraction of sp³-hybridized carbons (Fsp3) is 0.154. The molecule has 0 spiro atoms. The summed E-state index contributed by atoms with van der Waals surface area (Å²) in [6, 6.07) is 28.6. The van der Waals surface area contributed by atoms with Crippen LogP contribution >= 0.6 is 18.6 Å². The Kier molecular flexibility index (Phi) is 6.59. The second-order valence-corrected chi connectivity index (χ2v) is 12.4. The molecule has 1 heterocycles. The minimum Gasteiger partial charge on any atom is -0.477 e. The first-order valence-electron chi connectivity index (χ1n) is 10.6. The quantitative estimate of drug-likeness (QED) is 0.436. The van der Waals surface area contributed by atoms with E-state index in [0.29, 0.717) is 0 Å². The Balaban J connectivity index is 2.20. The summed E-state index contributed by atoms with van der Waals surface area (Å²) in [7, 11) is 0. The Hall–Kier alpha value is -3.08. The molecule has 0 radical (unpaired) electrons. The minimum atomic E-state index is -2.99. The van der Waals surface area contributed by atoms with Gasteiger partial charge in [-0.1, -0.05) is 110 Å². The Morgan fingerprint density at radius 3 is 1.55 bits per heavy atom. The summed E-state index contributed by atoms with van der Waals surface area (Å²) in [5.74, 6) is -1.88. The fourth-order valence-electron chi connectivity index (χ4n) is 4.33. The number of carboxylic acid groups (broad SMARTS) is 1. The standard InChI is InChI=1S/C26H24NO4PS/c1-18-23(29)27(25(18)33-19(2)28)24(26(30)31)32(20-12-6-3-7-13-20,21-14-8-4-9-15-21)22-16-10-5-11-17-22/h3-18,25H,1-2H3,(H,30,31). The molecule has 4 rings (SSSR count). The van der Waals surface area contributed by atoms with Gasteiger partial charge in [-0.2, -0.15) is 0 Å². The number of aliphatic carboxylic acids is 1. The van der Waals surface area contributed by atoms with Gasteiger partial charge >= 0.3 is 5.97 Å². The maximum Gasteiger partial charge on any atom is 0.353 e. The molecule has 1 fully saturated rings. The van der Waals surface area contributed by atoms with Gasteiger partial charge in [-0.05, 0) is 15.9 Å². The van der Waals surface area contributed by atoms with E-state index in [9.17, 15) is 19.5 Å². The number of amides is 1. The largest absolute Gasteiger partial charge is 0.477 e. The normalized spacial score (nSPS) is 17.9. The Labute approximate surface area is 197 Å². The lowest BCUT2D eigenvalue weighted by Crippen LogP contribution is -2.63. The molecule has 0 aliphatic carbocycles. The average molecular weight is 478 g/mol. The number of carbonyl (C=O) groups excluding carboxylic acids is 2. The number of carboxylic acids is 1. The molecule has 1 aliphatic rings. The number of benzene rings is 3. The summed E-state index contributed by atoms with van der Waals surface area (Å²) in [6.45, 7) is 0.192. The molecule has 1 N–H and O–H groups in total. The van der Waals surface area contributed by atoms with Gasteiger partial charge in [0.1, 0.15) is 10.8 Å². The van der Waals surface area contributed by atoms with Crippen LogP contribution in [0.2, 0.25) is 0 Å². The van der Waals surface area contributed by atoms with Crippen molar-refractivity contribution in [1.29, 1.82) is 0 Å². The Morgan fingerprint density at radius 1 is 0.818 bits per heavy atom. The van der Waals surface area contributed by atoms with E-state index in [1.165, 1.54) is 11.8 Å². The molecule has 2 unspecified atom stereocenters. The van der Waals surface area contributed by atoms with E-state index in [1.807, 2.05) is 91.0 Å². The zero-order valence-electron chi connectivity index (χ0n) is 18.3. The van der Waals surface area contributed by atoms with Gasteiger partial charge in [0.05, 0.1) is 5.92 Å². The topological polar surface area (TPSA) is 74.7 Å². The van der Waals surface area contributed by atoms with Crippen LogP contribution in [0.15, 0.2) is 91.0 Å². The molecule has 5 nitrogen and oxygen atoms in total. The predicted octanol–water partition coefficient (Wildman–Crippen LogP) is 3.28.